The largest absolute Gasteiger partial charge is 0.354 e. The molecule has 1 atom stereocenters. The van der Waals surface area contributed by atoms with Crippen molar-refractivity contribution >= 4 is 35.0 Å². The van der Waals surface area contributed by atoms with Gasteiger partial charge in [-0.1, -0.05) is 26.7 Å². The number of carbonyl (C=O) groups is 5. The molecule has 0 spiro atoms. The first-order valence-corrected chi connectivity index (χ1v) is 13.6. The zero-order valence-corrected chi connectivity index (χ0v) is 24.1. The third-order valence-electron chi connectivity index (χ3n) is 6.86. The Kier molecular flexibility index (Phi) is 11.0. The van der Waals surface area contributed by atoms with Crippen LogP contribution in [0.2, 0.25) is 0 Å². The lowest BCUT2D eigenvalue weighted by atomic mass is 10.0. The van der Waals surface area contributed by atoms with Gasteiger partial charge in [0.25, 0.3) is 11.5 Å². The minimum atomic E-state index is -1.29. The van der Waals surface area contributed by atoms with Crippen LogP contribution >= 0.6 is 0 Å². The molecule has 0 aliphatic heterocycles. The first-order valence-electron chi connectivity index (χ1n) is 13.6. The second kappa shape index (κ2) is 14.7. The summed E-state index contributed by atoms with van der Waals surface area (Å²) in [6, 6.07) is 1.59. The van der Waals surface area contributed by atoms with Gasteiger partial charge in [-0.05, 0) is 24.5 Å². The number of hydrogen-bond donors (Lipinski definition) is 3. The molecule has 0 bridgehead atoms. The smallest absolute Gasteiger partial charge is 0.274 e. The molecule has 0 aromatic carbocycles. The fourth-order valence-corrected chi connectivity index (χ4v) is 4.16. The minimum absolute atomic E-state index is 0.0313. The lowest BCUT2D eigenvalue weighted by molar-refractivity contribution is -0.122. The Hall–Kier alpha value is -4.88. The van der Waals surface area contributed by atoms with E-state index >= 15 is 0 Å². The van der Waals surface area contributed by atoms with Crippen LogP contribution in [-0.2, 0) is 35.0 Å². The molecule has 14 nitrogen and oxygen atoms in total. The van der Waals surface area contributed by atoms with Crippen molar-refractivity contribution in [1.82, 2.24) is 34.3 Å². The summed E-state index contributed by atoms with van der Waals surface area (Å²) >= 11 is 0. The maximum absolute atomic E-state index is 13.3. The number of hydrogen-bond acceptors (Lipinski definition) is 8. The van der Waals surface area contributed by atoms with E-state index in [1.807, 2.05) is 13.8 Å². The normalized spacial score (nSPS) is 11.6. The van der Waals surface area contributed by atoms with Gasteiger partial charge < -0.3 is 29.7 Å². The number of aryl methyl sites for hydroxylation is 2. The molecule has 3 aromatic heterocycles. The molecule has 3 amide bonds. The summed E-state index contributed by atoms with van der Waals surface area (Å²) in [5.74, 6) is -3.04. The highest BCUT2D eigenvalue weighted by atomic mass is 16.2. The molecule has 1 unspecified atom stereocenters. The van der Waals surface area contributed by atoms with Crippen molar-refractivity contribution in [2.24, 2.45) is 20.0 Å². The zero-order valence-electron chi connectivity index (χ0n) is 24.1. The van der Waals surface area contributed by atoms with Crippen molar-refractivity contribution in [3.63, 3.8) is 0 Å². The lowest BCUT2D eigenvalue weighted by Crippen LogP contribution is -2.45. The summed E-state index contributed by atoms with van der Waals surface area (Å²) in [4.78, 5) is 84.5. The average Bonchev–Trinajstić information content (AvgIpc) is 3.60. The van der Waals surface area contributed by atoms with Crippen LogP contribution in [0.4, 0.5) is 5.69 Å². The first-order chi connectivity index (χ1) is 20.0. The Labute approximate surface area is 242 Å². The molecular weight excluding hydrogens is 544 g/mol. The molecule has 0 radical (unpaired) electrons. The minimum Gasteiger partial charge on any atom is -0.354 e. The van der Waals surface area contributed by atoms with Crippen LogP contribution < -0.4 is 21.5 Å². The van der Waals surface area contributed by atoms with Gasteiger partial charge >= 0.3 is 0 Å². The summed E-state index contributed by atoms with van der Waals surface area (Å²) in [6.45, 7) is 4.33. The zero-order chi connectivity index (χ0) is 30.8. The predicted molar refractivity (Wildman–Crippen MR) is 153 cm³/mol. The quantitative estimate of drug-likeness (QED) is 0.175. The van der Waals surface area contributed by atoms with E-state index < -0.39 is 35.0 Å². The van der Waals surface area contributed by atoms with Crippen LogP contribution in [0.15, 0.2) is 48.2 Å². The van der Waals surface area contributed by atoms with Crippen LogP contribution in [0.3, 0.4) is 0 Å². The summed E-state index contributed by atoms with van der Waals surface area (Å²) in [5, 5.41) is 7.87. The van der Waals surface area contributed by atoms with E-state index in [-0.39, 0.29) is 42.4 Å². The summed E-state index contributed by atoms with van der Waals surface area (Å²) in [5.41, 5.74) is -0.617. The van der Waals surface area contributed by atoms with Crippen LogP contribution in [-0.4, -0.2) is 65.5 Å². The number of anilines is 1. The number of amides is 3. The third-order valence-corrected chi connectivity index (χ3v) is 6.86. The molecule has 224 valence electrons. The van der Waals surface area contributed by atoms with E-state index in [0.29, 0.717) is 12.5 Å². The molecule has 14 heteroatoms. The van der Waals surface area contributed by atoms with Crippen molar-refractivity contribution in [1.29, 1.82) is 0 Å². The molecule has 0 aliphatic carbocycles. The molecule has 0 saturated heterocycles. The van der Waals surface area contributed by atoms with E-state index in [1.165, 1.54) is 52.5 Å². The molecule has 3 rings (SSSR count). The summed E-state index contributed by atoms with van der Waals surface area (Å²) in [7, 11) is 3.25. The Morgan fingerprint density at radius 2 is 1.79 bits per heavy atom. The highest BCUT2D eigenvalue weighted by molar-refractivity contribution is 6.43. The van der Waals surface area contributed by atoms with Crippen LogP contribution in [0.25, 0.3) is 0 Å². The maximum atomic E-state index is 13.3. The van der Waals surface area contributed by atoms with Crippen LogP contribution in [0.5, 0.6) is 0 Å². The SMILES string of the molecule is CCC(CC)CNC(=O)Cn1cccc(NC(=O)C(CCC(=O)C(=O)c2cn(C)cn2)NC(=O)c2cncn2C)c1=O. The monoisotopic (exact) mass is 580 g/mol. The average molecular weight is 581 g/mol. The van der Waals surface area contributed by atoms with E-state index in [2.05, 4.69) is 25.9 Å². The fraction of sp³-hybridized carbons (Fsp3) is 0.429. The highest BCUT2D eigenvalue weighted by Crippen LogP contribution is 2.09. The number of ketones is 2. The standard InChI is InChI=1S/C28H36N8O6/c1-5-18(6-2)12-30-24(38)15-36-11-7-8-20(28(36)42)33-26(40)19(32-27(41)22-13-29-16-35(22)4)9-10-23(37)25(39)21-14-34(3)17-31-21/h7-8,11,13-14,16-19H,5-6,9-10,12,15H2,1-4H3,(H,30,38)(H,32,41)(H,33,40). The number of imidazole rings is 2. The van der Waals surface area contributed by atoms with Crippen LogP contribution in [0.1, 0.15) is 60.5 Å². The van der Waals surface area contributed by atoms with Crippen molar-refractivity contribution in [3.05, 3.63) is 65.1 Å². The number of carbonyl (C=O) groups excluding carboxylic acids is 5. The topological polar surface area (TPSA) is 179 Å². The number of Topliss-reactive ketones (excluding diaryl/α,β-unsaturated/α-hetero) is 2. The van der Waals surface area contributed by atoms with Gasteiger partial charge in [0.2, 0.25) is 23.4 Å². The molecule has 42 heavy (non-hydrogen) atoms. The third kappa shape index (κ3) is 8.32. The second-order valence-electron chi connectivity index (χ2n) is 9.96. The highest BCUT2D eigenvalue weighted by Gasteiger charge is 2.27. The van der Waals surface area contributed by atoms with Gasteiger partial charge in [0.05, 0.1) is 18.9 Å². The van der Waals surface area contributed by atoms with E-state index in [4.69, 9.17) is 0 Å². The fourth-order valence-electron chi connectivity index (χ4n) is 4.16. The lowest BCUT2D eigenvalue weighted by Gasteiger charge is -2.18. The Balaban J connectivity index is 1.73. The van der Waals surface area contributed by atoms with Gasteiger partial charge in [-0.2, -0.15) is 0 Å². The Bertz CT molecular complexity index is 1500. The molecule has 0 saturated carbocycles. The Morgan fingerprint density at radius 3 is 2.40 bits per heavy atom. The second-order valence-corrected chi connectivity index (χ2v) is 9.96. The van der Waals surface area contributed by atoms with Crippen molar-refractivity contribution < 1.29 is 24.0 Å². The van der Waals surface area contributed by atoms with Gasteiger partial charge in [-0.3, -0.25) is 28.8 Å². The van der Waals surface area contributed by atoms with E-state index in [0.717, 1.165) is 17.4 Å². The number of aromatic nitrogens is 5. The van der Waals surface area contributed by atoms with Gasteiger partial charge in [0.1, 0.15) is 29.7 Å². The number of rotatable bonds is 15. The molecule has 3 aromatic rings. The van der Waals surface area contributed by atoms with Gasteiger partial charge in [-0.15, -0.1) is 0 Å². The number of nitrogens with zero attached hydrogens (tertiary/aromatic N) is 5. The van der Waals surface area contributed by atoms with Crippen LogP contribution in [0, 0.1) is 5.92 Å². The molecular formula is C28H36N8O6. The van der Waals surface area contributed by atoms with Gasteiger partial charge in [0.15, 0.2) is 0 Å². The summed E-state index contributed by atoms with van der Waals surface area (Å²) in [6.07, 6.45) is 8.17. The van der Waals surface area contributed by atoms with Gasteiger partial charge in [0, 0.05) is 39.5 Å². The molecule has 3 N–H and O–H groups in total. The van der Waals surface area contributed by atoms with E-state index in [1.54, 1.807) is 14.1 Å². The predicted octanol–water partition coefficient (Wildman–Crippen LogP) is 0.837. The maximum Gasteiger partial charge on any atom is 0.274 e. The number of nitrogens with one attached hydrogen (secondary N) is 3. The summed E-state index contributed by atoms with van der Waals surface area (Å²) < 4.78 is 4.13. The molecule has 0 aliphatic rings. The number of pyridine rings is 1. The molecule has 3 heterocycles. The van der Waals surface area contributed by atoms with E-state index in [9.17, 15) is 28.8 Å². The van der Waals surface area contributed by atoms with Crippen molar-refractivity contribution in [2.75, 3.05) is 11.9 Å². The van der Waals surface area contributed by atoms with Crippen molar-refractivity contribution in [3.8, 4) is 0 Å². The first kappa shape index (κ1) is 31.6. The van der Waals surface area contributed by atoms with Crippen molar-refractivity contribution in [2.45, 2.75) is 52.1 Å². The van der Waals surface area contributed by atoms with Gasteiger partial charge in [-0.25, -0.2) is 9.97 Å². The Morgan fingerprint density at radius 1 is 1.05 bits per heavy atom. The molecule has 0 fully saturated rings.